The van der Waals surface area contributed by atoms with Crippen LogP contribution in [0.5, 0.6) is 5.75 Å². The molecule has 0 bridgehead atoms. The van der Waals surface area contributed by atoms with Crippen LogP contribution in [0.2, 0.25) is 5.02 Å². The Morgan fingerprint density at radius 2 is 2.19 bits per heavy atom. The topological polar surface area (TPSA) is 103 Å². The summed E-state index contributed by atoms with van der Waals surface area (Å²) in [7, 11) is 0. The number of benzene rings is 1. The Kier molecular flexibility index (Phi) is 4.49. The van der Waals surface area contributed by atoms with E-state index in [2.05, 4.69) is 15.9 Å². The van der Waals surface area contributed by atoms with E-state index in [4.69, 9.17) is 25.9 Å². The van der Waals surface area contributed by atoms with Gasteiger partial charge in [-0.15, -0.1) is 0 Å². The molecule has 0 atom stereocenters. The number of carbonyl (C=O) groups is 1. The molecular weight excluding hydrogens is 369 g/mol. The Labute approximate surface area is 131 Å². The van der Waals surface area contributed by atoms with Crippen molar-refractivity contribution in [1.29, 1.82) is 0 Å². The van der Waals surface area contributed by atoms with E-state index >= 15 is 0 Å². The molecule has 1 aromatic heterocycles. The quantitative estimate of drug-likeness (QED) is 0.627. The second-order valence-corrected chi connectivity index (χ2v) is 5.14. The van der Waals surface area contributed by atoms with Gasteiger partial charge in [0.25, 0.3) is 0 Å². The lowest BCUT2D eigenvalue weighted by Gasteiger charge is -2.07. The molecule has 110 valence electrons. The average Bonchev–Trinajstić information content (AvgIpc) is 2.85. The van der Waals surface area contributed by atoms with E-state index in [1.165, 1.54) is 18.2 Å². The van der Waals surface area contributed by atoms with Gasteiger partial charge in [-0.1, -0.05) is 11.6 Å². The van der Waals surface area contributed by atoms with E-state index in [0.29, 0.717) is 4.47 Å². The molecule has 0 radical (unpaired) electrons. The van der Waals surface area contributed by atoms with Gasteiger partial charge in [0.15, 0.2) is 0 Å². The number of nitro benzene ring substituents is 1. The van der Waals surface area contributed by atoms with Gasteiger partial charge < -0.3 is 14.3 Å². The van der Waals surface area contributed by atoms with Gasteiger partial charge in [-0.2, -0.15) is 0 Å². The van der Waals surface area contributed by atoms with Gasteiger partial charge in [-0.05, 0) is 34.1 Å². The van der Waals surface area contributed by atoms with Crippen molar-refractivity contribution in [3.63, 3.8) is 0 Å². The number of nitro groups is 1. The van der Waals surface area contributed by atoms with Gasteiger partial charge in [0, 0.05) is 11.1 Å². The Morgan fingerprint density at radius 1 is 1.48 bits per heavy atom. The van der Waals surface area contributed by atoms with Crippen LogP contribution in [0.15, 0.2) is 33.2 Å². The molecule has 0 fully saturated rings. The molecule has 1 aromatic carbocycles. The molecule has 1 N–H and O–H groups in total. The van der Waals surface area contributed by atoms with Gasteiger partial charge in [0.05, 0.1) is 9.40 Å². The third-order valence-electron chi connectivity index (χ3n) is 2.42. The summed E-state index contributed by atoms with van der Waals surface area (Å²) in [6.07, 6.45) is 0. The molecule has 0 saturated heterocycles. The highest BCUT2D eigenvalue weighted by molar-refractivity contribution is 9.10. The molecule has 2 aromatic rings. The van der Waals surface area contributed by atoms with Crippen molar-refractivity contribution in [3.05, 3.63) is 55.4 Å². The normalized spacial score (nSPS) is 10.4. The Balaban J connectivity index is 2.23. The predicted octanol–water partition coefficient (Wildman–Crippen LogP) is 3.88. The minimum atomic E-state index is -1.21. The number of carboxylic acid groups (broad SMARTS) is 1. The fraction of sp³-hybridized carbons (Fsp3) is 0.0833. The number of nitrogens with zero attached hydrogens (tertiary/aromatic N) is 1. The molecule has 0 spiro atoms. The summed E-state index contributed by atoms with van der Waals surface area (Å²) in [6, 6.07) is 5.30. The summed E-state index contributed by atoms with van der Waals surface area (Å²) in [5, 5.41) is 19.9. The van der Waals surface area contributed by atoms with E-state index in [9.17, 15) is 14.9 Å². The number of hydrogen-bond donors (Lipinski definition) is 1. The van der Waals surface area contributed by atoms with Gasteiger partial charge in [-0.25, -0.2) is 4.79 Å². The largest absolute Gasteiger partial charge is 0.478 e. The maximum atomic E-state index is 11.0. The second kappa shape index (κ2) is 6.15. The smallest absolute Gasteiger partial charge is 0.371 e. The van der Waals surface area contributed by atoms with Crippen molar-refractivity contribution in [1.82, 2.24) is 0 Å². The first kappa shape index (κ1) is 15.3. The van der Waals surface area contributed by atoms with Crippen molar-refractivity contribution in [3.8, 4) is 5.75 Å². The first-order valence-corrected chi connectivity index (χ1v) is 6.64. The minimum absolute atomic E-state index is 0.0160. The van der Waals surface area contributed by atoms with Gasteiger partial charge in [0.1, 0.15) is 12.4 Å². The Morgan fingerprint density at radius 3 is 2.76 bits per heavy atom. The summed E-state index contributed by atoms with van der Waals surface area (Å²) in [4.78, 5) is 21.0. The number of ether oxygens (including phenoxy) is 1. The first-order chi connectivity index (χ1) is 9.88. The molecule has 7 nitrogen and oxygen atoms in total. The van der Waals surface area contributed by atoms with Crippen LogP contribution >= 0.6 is 27.5 Å². The molecule has 0 aliphatic carbocycles. The van der Waals surface area contributed by atoms with E-state index < -0.39 is 10.9 Å². The molecule has 2 rings (SSSR count). The van der Waals surface area contributed by atoms with Crippen LogP contribution in [0.3, 0.4) is 0 Å². The van der Waals surface area contributed by atoms with Crippen LogP contribution in [0.1, 0.15) is 16.3 Å². The molecule has 0 aliphatic rings. The summed E-state index contributed by atoms with van der Waals surface area (Å²) < 4.78 is 10.6. The van der Waals surface area contributed by atoms with Crippen molar-refractivity contribution in [2.45, 2.75) is 6.61 Å². The van der Waals surface area contributed by atoms with Crippen LogP contribution < -0.4 is 4.74 Å². The number of carboxylic acids is 1. The fourth-order valence-electron chi connectivity index (χ4n) is 1.54. The highest BCUT2D eigenvalue weighted by Crippen LogP contribution is 2.38. The van der Waals surface area contributed by atoms with E-state index in [1.54, 1.807) is 0 Å². The molecule has 21 heavy (non-hydrogen) atoms. The number of furan rings is 1. The molecule has 0 amide bonds. The highest BCUT2D eigenvalue weighted by Gasteiger charge is 2.20. The second-order valence-electron chi connectivity index (χ2n) is 3.85. The van der Waals surface area contributed by atoms with Gasteiger partial charge >= 0.3 is 11.7 Å². The predicted molar refractivity (Wildman–Crippen MR) is 75.8 cm³/mol. The van der Waals surface area contributed by atoms with Crippen molar-refractivity contribution < 1.29 is 24.0 Å². The number of halogens is 2. The summed E-state index contributed by atoms with van der Waals surface area (Å²) in [5.74, 6) is -1.24. The number of hydrogen-bond acceptors (Lipinski definition) is 5. The lowest BCUT2D eigenvalue weighted by Crippen LogP contribution is -1.99. The zero-order valence-corrected chi connectivity index (χ0v) is 12.6. The van der Waals surface area contributed by atoms with E-state index in [1.807, 2.05) is 0 Å². The van der Waals surface area contributed by atoms with Crippen molar-refractivity contribution in [2.24, 2.45) is 0 Å². The highest BCUT2D eigenvalue weighted by atomic mass is 79.9. The number of rotatable bonds is 5. The molecule has 0 aliphatic heterocycles. The molecule has 1 heterocycles. The monoisotopic (exact) mass is 375 g/mol. The van der Waals surface area contributed by atoms with Crippen LogP contribution in [0.25, 0.3) is 0 Å². The fourth-order valence-corrected chi connectivity index (χ4v) is 2.45. The van der Waals surface area contributed by atoms with Crippen LogP contribution in [-0.2, 0) is 6.61 Å². The molecule has 9 heteroatoms. The maximum absolute atomic E-state index is 11.0. The van der Waals surface area contributed by atoms with Crippen LogP contribution in [0, 0.1) is 10.1 Å². The third kappa shape index (κ3) is 3.53. The average molecular weight is 377 g/mol. The van der Waals surface area contributed by atoms with E-state index in [-0.39, 0.29) is 34.6 Å². The van der Waals surface area contributed by atoms with Gasteiger partial charge in [-0.3, -0.25) is 10.1 Å². The van der Waals surface area contributed by atoms with Crippen LogP contribution in [0.4, 0.5) is 5.69 Å². The molecule has 0 saturated carbocycles. The van der Waals surface area contributed by atoms with Crippen molar-refractivity contribution >= 4 is 39.2 Å². The first-order valence-electron chi connectivity index (χ1n) is 5.46. The summed E-state index contributed by atoms with van der Waals surface area (Å²) >= 11 is 8.88. The molecular formula is C12H7BrClNO6. The standard InChI is InChI=1S/C12H7BrClNO6/c13-8-3-6(14)4-9(15(18)19)11(8)20-5-7-1-2-10(21-7)12(16)17/h1-4H,5H2,(H,16,17). The minimum Gasteiger partial charge on any atom is -0.478 e. The van der Waals surface area contributed by atoms with Crippen molar-refractivity contribution in [2.75, 3.05) is 0 Å². The van der Waals surface area contributed by atoms with E-state index in [0.717, 1.165) is 6.07 Å². The zero-order chi connectivity index (χ0) is 15.6. The number of aromatic carboxylic acids is 1. The third-order valence-corrected chi connectivity index (χ3v) is 3.22. The lowest BCUT2D eigenvalue weighted by atomic mass is 10.3. The maximum Gasteiger partial charge on any atom is 0.371 e. The van der Waals surface area contributed by atoms with Gasteiger partial charge in [0.2, 0.25) is 11.5 Å². The van der Waals surface area contributed by atoms with Crippen LogP contribution in [-0.4, -0.2) is 16.0 Å². The summed E-state index contributed by atoms with van der Waals surface area (Å²) in [6.45, 7) is -0.158. The zero-order valence-electron chi connectivity index (χ0n) is 10.2. The SMILES string of the molecule is O=C(O)c1ccc(COc2c(Br)cc(Cl)cc2[N+](=O)[O-])o1. The molecule has 0 unspecified atom stereocenters. The summed E-state index contributed by atoms with van der Waals surface area (Å²) in [5.41, 5.74) is -0.306. The lowest BCUT2D eigenvalue weighted by molar-refractivity contribution is -0.386. The Bertz CT molecular complexity index is 714. The Hall–Kier alpha value is -2.06.